The summed E-state index contributed by atoms with van der Waals surface area (Å²) in [6.45, 7) is 6.90. The Bertz CT molecular complexity index is 311. The lowest BCUT2D eigenvalue weighted by Gasteiger charge is -2.18. The summed E-state index contributed by atoms with van der Waals surface area (Å²) in [6, 6.07) is 8.29. The van der Waals surface area contributed by atoms with Gasteiger partial charge in [0.05, 0.1) is 6.61 Å². The first-order valence-corrected chi connectivity index (χ1v) is 6.75. The Kier molecular flexibility index (Phi) is 7.46. The molecular formula is C15H25NO2. The van der Waals surface area contributed by atoms with Crippen molar-refractivity contribution in [2.24, 2.45) is 0 Å². The highest BCUT2D eigenvalue weighted by atomic mass is 16.5. The van der Waals surface area contributed by atoms with Crippen molar-refractivity contribution in [1.82, 2.24) is 5.32 Å². The van der Waals surface area contributed by atoms with Crippen LogP contribution in [0.1, 0.15) is 25.8 Å². The van der Waals surface area contributed by atoms with Crippen LogP contribution < -0.4 is 10.1 Å². The topological polar surface area (TPSA) is 30.5 Å². The third kappa shape index (κ3) is 5.52. The minimum atomic E-state index is 0.245. The standard InChI is InChI=1S/C15H25NO2/c1-4-14(12-16-5-2)18-15-8-6-13(7-9-15)10-11-17-3/h6-9,14,16H,4-5,10-12H2,1-3H3. The fourth-order valence-corrected chi connectivity index (χ4v) is 1.72. The second-order valence-electron chi connectivity index (χ2n) is 4.34. The van der Waals surface area contributed by atoms with Gasteiger partial charge in [0.1, 0.15) is 11.9 Å². The van der Waals surface area contributed by atoms with Gasteiger partial charge in [-0.3, -0.25) is 0 Å². The van der Waals surface area contributed by atoms with Gasteiger partial charge in [-0.15, -0.1) is 0 Å². The quantitative estimate of drug-likeness (QED) is 0.732. The first-order valence-electron chi connectivity index (χ1n) is 6.75. The van der Waals surface area contributed by atoms with Crippen LogP contribution in [0.5, 0.6) is 5.75 Å². The molecule has 102 valence electrons. The molecule has 0 spiro atoms. The number of rotatable bonds is 9. The average Bonchev–Trinajstić information content (AvgIpc) is 2.42. The zero-order chi connectivity index (χ0) is 13.2. The molecule has 3 heteroatoms. The van der Waals surface area contributed by atoms with Gasteiger partial charge in [0.25, 0.3) is 0 Å². The molecule has 1 atom stereocenters. The van der Waals surface area contributed by atoms with Gasteiger partial charge in [-0.1, -0.05) is 26.0 Å². The fraction of sp³-hybridized carbons (Fsp3) is 0.600. The van der Waals surface area contributed by atoms with Crippen LogP contribution in [0.4, 0.5) is 0 Å². The van der Waals surface area contributed by atoms with Crippen LogP contribution in [-0.2, 0) is 11.2 Å². The molecule has 3 nitrogen and oxygen atoms in total. The monoisotopic (exact) mass is 251 g/mol. The van der Waals surface area contributed by atoms with Crippen molar-refractivity contribution >= 4 is 0 Å². The van der Waals surface area contributed by atoms with Gasteiger partial charge >= 0.3 is 0 Å². The molecule has 0 aromatic heterocycles. The second kappa shape index (κ2) is 8.95. The number of hydrogen-bond donors (Lipinski definition) is 1. The molecule has 1 aromatic carbocycles. The van der Waals surface area contributed by atoms with Crippen LogP contribution in [0, 0.1) is 0 Å². The van der Waals surface area contributed by atoms with Gasteiger partial charge in [0.2, 0.25) is 0 Å². The van der Waals surface area contributed by atoms with Crippen molar-refractivity contribution in [3.63, 3.8) is 0 Å². The summed E-state index contributed by atoms with van der Waals surface area (Å²) in [6.07, 6.45) is 2.21. The zero-order valence-electron chi connectivity index (χ0n) is 11.7. The minimum Gasteiger partial charge on any atom is -0.489 e. The van der Waals surface area contributed by atoms with Crippen LogP contribution in [0.15, 0.2) is 24.3 Å². The summed E-state index contributed by atoms with van der Waals surface area (Å²) in [5.41, 5.74) is 1.28. The van der Waals surface area contributed by atoms with Gasteiger partial charge in [-0.25, -0.2) is 0 Å². The average molecular weight is 251 g/mol. The maximum atomic E-state index is 5.93. The fourth-order valence-electron chi connectivity index (χ4n) is 1.72. The third-order valence-electron chi connectivity index (χ3n) is 2.90. The lowest BCUT2D eigenvalue weighted by atomic mass is 10.1. The SMILES string of the molecule is CCNCC(CC)Oc1ccc(CCOC)cc1. The van der Waals surface area contributed by atoms with Gasteiger partial charge in [0.15, 0.2) is 0 Å². The lowest BCUT2D eigenvalue weighted by Crippen LogP contribution is -2.30. The van der Waals surface area contributed by atoms with Crippen LogP contribution in [0.2, 0.25) is 0 Å². The zero-order valence-corrected chi connectivity index (χ0v) is 11.7. The van der Waals surface area contributed by atoms with E-state index in [1.807, 2.05) is 12.1 Å². The molecule has 18 heavy (non-hydrogen) atoms. The van der Waals surface area contributed by atoms with E-state index in [0.29, 0.717) is 0 Å². The number of hydrogen-bond acceptors (Lipinski definition) is 3. The summed E-state index contributed by atoms with van der Waals surface area (Å²) in [4.78, 5) is 0. The molecule has 0 aliphatic carbocycles. The molecular weight excluding hydrogens is 226 g/mol. The Morgan fingerprint density at radius 1 is 1.17 bits per heavy atom. The first kappa shape index (κ1) is 15.0. The molecule has 0 aliphatic heterocycles. The summed E-state index contributed by atoms with van der Waals surface area (Å²) in [7, 11) is 1.73. The molecule has 1 rings (SSSR count). The maximum absolute atomic E-state index is 5.93. The number of benzene rings is 1. The van der Waals surface area contributed by atoms with Gasteiger partial charge in [-0.05, 0) is 37.1 Å². The van der Waals surface area contributed by atoms with Crippen LogP contribution in [-0.4, -0.2) is 32.9 Å². The molecule has 0 fully saturated rings. The van der Waals surface area contributed by atoms with Gasteiger partial charge in [-0.2, -0.15) is 0 Å². The van der Waals surface area contributed by atoms with Crippen LogP contribution >= 0.6 is 0 Å². The number of nitrogens with one attached hydrogen (secondary N) is 1. The molecule has 1 unspecified atom stereocenters. The molecule has 0 amide bonds. The summed E-state index contributed by atoms with van der Waals surface area (Å²) >= 11 is 0. The molecule has 0 radical (unpaired) electrons. The third-order valence-corrected chi connectivity index (χ3v) is 2.90. The van der Waals surface area contributed by atoms with Crippen molar-refractivity contribution in [2.75, 3.05) is 26.8 Å². The van der Waals surface area contributed by atoms with E-state index in [1.165, 1.54) is 5.56 Å². The highest BCUT2D eigenvalue weighted by Crippen LogP contribution is 2.15. The molecule has 0 saturated carbocycles. The van der Waals surface area contributed by atoms with E-state index in [-0.39, 0.29) is 6.10 Å². The Hall–Kier alpha value is -1.06. The van der Waals surface area contributed by atoms with Crippen molar-refractivity contribution in [1.29, 1.82) is 0 Å². The minimum absolute atomic E-state index is 0.245. The molecule has 0 saturated heterocycles. The van der Waals surface area contributed by atoms with Crippen molar-refractivity contribution in [3.05, 3.63) is 29.8 Å². The predicted octanol–water partition coefficient (Wildman–Crippen LogP) is 2.64. The number of likely N-dealkylation sites (N-methyl/N-ethyl adjacent to an activating group) is 1. The van der Waals surface area contributed by atoms with E-state index in [4.69, 9.17) is 9.47 Å². The summed E-state index contributed by atoms with van der Waals surface area (Å²) in [5, 5.41) is 3.32. The number of methoxy groups -OCH3 is 1. The molecule has 1 aromatic rings. The van der Waals surface area contributed by atoms with E-state index in [2.05, 4.69) is 31.3 Å². The van der Waals surface area contributed by atoms with E-state index < -0.39 is 0 Å². The van der Waals surface area contributed by atoms with Crippen molar-refractivity contribution < 1.29 is 9.47 Å². The van der Waals surface area contributed by atoms with Crippen LogP contribution in [0.3, 0.4) is 0 Å². The van der Waals surface area contributed by atoms with Crippen molar-refractivity contribution in [3.8, 4) is 5.75 Å². The Morgan fingerprint density at radius 3 is 2.44 bits per heavy atom. The van der Waals surface area contributed by atoms with E-state index in [9.17, 15) is 0 Å². The van der Waals surface area contributed by atoms with Gasteiger partial charge < -0.3 is 14.8 Å². The lowest BCUT2D eigenvalue weighted by molar-refractivity contribution is 0.194. The Labute approximate surface area is 110 Å². The number of ether oxygens (including phenoxy) is 2. The first-order chi connectivity index (χ1) is 8.80. The maximum Gasteiger partial charge on any atom is 0.119 e. The summed E-state index contributed by atoms with van der Waals surface area (Å²) in [5.74, 6) is 0.945. The molecule has 0 aliphatic rings. The molecule has 0 bridgehead atoms. The van der Waals surface area contributed by atoms with E-state index >= 15 is 0 Å². The van der Waals surface area contributed by atoms with Gasteiger partial charge in [0, 0.05) is 13.7 Å². The van der Waals surface area contributed by atoms with E-state index in [1.54, 1.807) is 7.11 Å². The largest absolute Gasteiger partial charge is 0.489 e. The van der Waals surface area contributed by atoms with Crippen molar-refractivity contribution in [2.45, 2.75) is 32.8 Å². The second-order valence-corrected chi connectivity index (χ2v) is 4.34. The summed E-state index contributed by atoms with van der Waals surface area (Å²) < 4.78 is 11.0. The van der Waals surface area contributed by atoms with E-state index in [0.717, 1.165) is 38.3 Å². The van der Waals surface area contributed by atoms with Crippen LogP contribution in [0.25, 0.3) is 0 Å². The molecule has 1 N–H and O–H groups in total. The Morgan fingerprint density at radius 2 is 1.89 bits per heavy atom. The highest BCUT2D eigenvalue weighted by molar-refractivity contribution is 5.27. The predicted molar refractivity (Wildman–Crippen MR) is 75.3 cm³/mol. The highest BCUT2D eigenvalue weighted by Gasteiger charge is 2.07. The molecule has 0 heterocycles. The smallest absolute Gasteiger partial charge is 0.119 e. The normalized spacial score (nSPS) is 12.4. The Balaban J connectivity index is 2.45.